The fraction of sp³-hybridized carbons (Fsp3) is 0.214. The Hall–Kier alpha value is -1.83. The molecule has 1 aromatic rings. The second-order valence-corrected chi connectivity index (χ2v) is 3.83. The van der Waals surface area contributed by atoms with Crippen molar-refractivity contribution in [1.82, 2.24) is 0 Å². The van der Waals surface area contributed by atoms with Gasteiger partial charge in [-0.2, -0.15) is 0 Å². The first kappa shape index (κ1) is 10.7. The molecule has 1 heterocycles. The lowest BCUT2D eigenvalue weighted by Crippen LogP contribution is -2.03. The van der Waals surface area contributed by atoms with E-state index in [0.29, 0.717) is 6.54 Å². The Labute approximate surface area is 95.8 Å². The molecular weight excluding hydrogens is 198 g/mol. The van der Waals surface area contributed by atoms with Crippen molar-refractivity contribution in [2.45, 2.75) is 12.8 Å². The summed E-state index contributed by atoms with van der Waals surface area (Å²) in [5.74, 6) is 0. The fourth-order valence-corrected chi connectivity index (χ4v) is 1.74. The van der Waals surface area contributed by atoms with E-state index in [2.05, 4.69) is 0 Å². The maximum Gasteiger partial charge on any atom is 0.187 e. The molecule has 0 N–H and O–H groups in total. The van der Waals surface area contributed by atoms with Crippen molar-refractivity contribution in [3.63, 3.8) is 0 Å². The van der Waals surface area contributed by atoms with E-state index in [4.69, 9.17) is 0 Å². The van der Waals surface area contributed by atoms with Gasteiger partial charge in [0.25, 0.3) is 0 Å². The molecule has 0 unspecified atom stereocenters. The van der Waals surface area contributed by atoms with Crippen LogP contribution >= 0.6 is 0 Å². The quantitative estimate of drug-likeness (QED) is 0.430. The monoisotopic (exact) mass is 213 g/mol. The Balaban J connectivity index is 1.95. The molecule has 2 heteroatoms. The van der Waals surface area contributed by atoms with Gasteiger partial charge in [0, 0.05) is 18.9 Å². The minimum absolute atomic E-state index is 0.641. The number of rotatable bonds is 3. The Kier molecular flexibility index (Phi) is 3.54. The van der Waals surface area contributed by atoms with E-state index in [1.807, 2.05) is 54.6 Å². The molecule has 0 atom stereocenters. The van der Waals surface area contributed by atoms with Crippen molar-refractivity contribution >= 4 is 11.8 Å². The summed E-state index contributed by atoms with van der Waals surface area (Å²) in [6.07, 6.45) is 9.71. The molecule has 0 fully saturated rings. The zero-order valence-electron chi connectivity index (χ0n) is 9.17. The van der Waals surface area contributed by atoms with E-state index in [9.17, 15) is 5.21 Å². The lowest BCUT2D eigenvalue weighted by atomic mass is 10.2. The summed E-state index contributed by atoms with van der Waals surface area (Å²) in [4.78, 5) is 0. The third kappa shape index (κ3) is 2.83. The second kappa shape index (κ2) is 5.31. The van der Waals surface area contributed by atoms with Crippen LogP contribution in [0.15, 0.2) is 48.6 Å². The Bertz CT molecular complexity index is 429. The van der Waals surface area contributed by atoms with E-state index in [0.717, 1.165) is 23.3 Å². The van der Waals surface area contributed by atoms with Gasteiger partial charge >= 0.3 is 0 Å². The third-order valence-corrected chi connectivity index (χ3v) is 2.60. The predicted molar refractivity (Wildman–Crippen MR) is 67.4 cm³/mol. The first-order chi connectivity index (χ1) is 7.86. The molecule has 0 saturated carbocycles. The van der Waals surface area contributed by atoms with Crippen LogP contribution in [-0.4, -0.2) is 17.0 Å². The highest BCUT2D eigenvalue weighted by atomic mass is 16.5. The van der Waals surface area contributed by atoms with E-state index >= 15 is 0 Å². The van der Waals surface area contributed by atoms with E-state index < -0.39 is 0 Å². The first-order valence-electron chi connectivity index (χ1n) is 5.56. The largest absolute Gasteiger partial charge is 0.624 e. The minimum atomic E-state index is 0.641. The van der Waals surface area contributed by atoms with Crippen molar-refractivity contribution in [3.05, 3.63) is 59.3 Å². The van der Waals surface area contributed by atoms with Crippen LogP contribution < -0.4 is 0 Å². The topological polar surface area (TPSA) is 26.1 Å². The highest BCUT2D eigenvalue weighted by Crippen LogP contribution is 2.05. The standard InChI is InChI=1S/C14H15NO/c16-15-12-6-11-14(15)10-5-4-9-13-7-2-1-3-8-13/h1-5,7-10H,6,11-12H2/b9-4+,10-5-. The molecule has 0 radical (unpaired) electrons. The number of hydrogen-bond acceptors (Lipinski definition) is 1. The average Bonchev–Trinajstić information content (AvgIpc) is 2.72. The van der Waals surface area contributed by atoms with Gasteiger partial charge < -0.3 is 5.21 Å². The molecule has 0 bridgehead atoms. The summed E-state index contributed by atoms with van der Waals surface area (Å²) >= 11 is 0. The zero-order chi connectivity index (χ0) is 11.2. The lowest BCUT2D eigenvalue weighted by Gasteiger charge is -1.96. The summed E-state index contributed by atoms with van der Waals surface area (Å²) in [5, 5.41) is 11.2. The SMILES string of the molecule is [O-][N+]1=C(/C=C\C=C\c2ccccc2)CCC1. The predicted octanol–water partition coefficient (Wildman–Crippen LogP) is 3.00. The van der Waals surface area contributed by atoms with Crippen LogP contribution in [0.4, 0.5) is 0 Å². The maximum absolute atomic E-state index is 11.2. The molecule has 16 heavy (non-hydrogen) atoms. The molecule has 1 aromatic carbocycles. The van der Waals surface area contributed by atoms with Gasteiger partial charge in [-0.05, 0) is 5.56 Å². The number of nitrogens with zero attached hydrogens (tertiary/aromatic N) is 1. The molecule has 1 aliphatic heterocycles. The van der Waals surface area contributed by atoms with Crippen LogP contribution in [0.2, 0.25) is 0 Å². The van der Waals surface area contributed by atoms with Crippen molar-refractivity contribution in [3.8, 4) is 0 Å². The van der Waals surface area contributed by atoms with Crippen LogP contribution in [-0.2, 0) is 0 Å². The van der Waals surface area contributed by atoms with Gasteiger partial charge in [0.1, 0.15) is 0 Å². The molecule has 82 valence electrons. The Morgan fingerprint density at radius 3 is 2.50 bits per heavy atom. The van der Waals surface area contributed by atoms with Crippen molar-refractivity contribution in [2.24, 2.45) is 0 Å². The molecule has 0 saturated heterocycles. The molecule has 2 nitrogen and oxygen atoms in total. The summed E-state index contributed by atoms with van der Waals surface area (Å²) in [5.41, 5.74) is 2.06. The first-order valence-corrected chi connectivity index (χ1v) is 5.56. The molecule has 0 aromatic heterocycles. The van der Waals surface area contributed by atoms with Crippen LogP contribution in [0.5, 0.6) is 0 Å². The number of hydroxylamine groups is 1. The molecule has 0 spiro atoms. The fourth-order valence-electron chi connectivity index (χ4n) is 1.74. The van der Waals surface area contributed by atoms with Gasteiger partial charge in [0.2, 0.25) is 0 Å². The number of benzene rings is 1. The molecular formula is C14H15NO. The summed E-state index contributed by atoms with van der Waals surface area (Å²) in [7, 11) is 0. The van der Waals surface area contributed by atoms with E-state index in [1.165, 1.54) is 5.56 Å². The molecule has 0 aliphatic carbocycles. The average molecular weight is 213 g/mol. The van der Waals surface area contributed by atoms with Crippen LogP contribution in [0, 0.1) is 5.21 Å². The van der Waals surface area contributed by atoms with Gasteiger partial charge in [0.05, 0.1) is 0 Å². The molecule has 1 aliphatic rings. The summed E-state index contributed by atoms with van der Waals surface area (Å²) in [6, 6.07) is 10.1. The Morgan fingerprint density at radius 2 is 1.81 bits per heavy atom. The summed E-state index contributed by atoms with van der Waals surface area (Å²) in [6.45, 7) is 0.641. The van der Waals surface area contributed by atoms with Crippen LogP contribution in [0.25, 0.3) is 6.08 Å². The molecule has 0 amide bonds. The van der Waals surface area contributed by atoms with E-state index in [-0.39, 0.29) is 0 Å². The minimum Gasteiger partial charge on any atom is -0.624 e. The van der Waals surface area contributed by atoms with Gasteiger partial charge in [-0.25, -0.2) is 4.74 Å². The van der Waals surface area contributed by atoms with Crippen molar-refractivity contribution < 1.29 is 4.74 Å². The van der Waals surface area contributed by atoms with Gasteiger partial charge in [-0.15, -0.1) is 0 Å². The molecule has 2 rings (SSSR count). The van der Waals surface area contributed by atoms with Gasteiger partial charge in [-0.1, -0.05) is 48.6 Å². The Morgan fingerprint density at radius 1 is 1.06 bits per heavy atom. The maximum atomic E-state index is 11.2. The highest BCUT2D eigenvalue weighted by molar-refractivity contribution is 5.91. The second-order valence-electron chi connectivity index (χ2n) is 3.83. The van der Waals surface area contributed by atoms with Crippen molar-refractivity contribution in [2.75, 3.05) is 6.54 Å². The van der Waals surface area contributed by atoms with E-state index in [1.54, 1.807) is 0 Å². The lowest BCUT2D eigenvalue weighted by molar-refractivity contribution is -0.447. The van der Waals surface area contributed by atoms with Crippen LogP contribution in [0.1, 0.15) is 18.4 Å². The third-order valence-electron chi connectivity index (χ3n) is 2.60. The number of allylic oxidation sites excluding steroid dienone is 3. The van der Waals surface area contributed by atoms with Gasteiger partial charge in [0.15, 0.2) is 12.3 Å². The summed E-state index contributed by atoms with van der Waals surface area (Å²) < 4.78 is 1.08. The number of hydrogen-bond donors (Lipinski definition) is 0. The van der Waals surface area contributed by atoms with Gasteiger partial charge in [-0.3, -0.25) is 0 Å². The van der Waals surface area contributed by atoms with Crippen molar-refractivity contribution in [1.29, 1.82) is 0 Å². The van der Waals surface area contributed by atoms with Crippen LogP contribution in [0.3, 0.4) is 0 Å². The normalized spacial score (nSPS) is 16.8. The smallest absolute Gasteiger partial charge is 0.187 e. The highest BCUT2D eigenvalue weighted by Gasteiger charge is 2.13. The zero-order valence-corrected chi connectivity index (χ0v) is 9.17.